The first kappa shape index (κ1) is 12.8. The van der Waals surface area contributed by atoms with Gasteiger partial charge in [0.25, 0.3) is 0 Å². The molecule has 4 nitrogen and oxygen atoms in total. The minimum Gasteiger partial charge on any atom is -0.378 e. The van der Waals surface area contributed by atoms with Gasteiger partial charge in [-0.15, -0.1) is 0 Å². The van der Waals surface area contributed by atoms with Crippen molar-refractivity contribution < 1.29 is 9.53 Å². The summed E-state index contributed by atoms with van der Waals surface area (Å²) in [5.74, 6) is 1.00. The van der Waals surface area contributed by atoms with Gasteiger partial charge in [0.2, 0.25) is 5.91 Å². The average molecular weight is 240 g/mol. The molecule has 98 valence electrons. The van der Waals surface area contributed by atoms with Crippen molar-refractivity contribution in [1.82, 2.24) is 10.6 Å². The maximum Gasteiger partial charge on any atom is 0.221 e. The second kappa shape index (κ2) is 6.36. The number of carbonyl (C=O) groups excluding carboxylic acids is 1. The Bertz CT molecular complexity index is 244. The van der Waals surface area contributed by atoms with Gasteiger partial charge in [-0.2, -0.15) is 0 Å². The predicted molar refractivity (Wildman–Crippen MR) is 66.8 cm³/mol. The number of ether oxygens (including phenoxy) is 1. The van der Waals surface area contributed by atoms with Crippen LogP contribution in [-0.2, 0) is 9.53 Å². The molecule has 2 aliphatic rings. The summed E-state index contributed by atoms with van der Waals surface area (Å²) < 4.78 is 5.34. The van der Waals surface area contributed by atoms with Crippen LogP contribution in [0.1, 0.15) is 39.0 Å². The van der Waals surface area contributed by atoms with Gasteiger partial charge in [-0.05, 0) is 31.6 Å². The Hall–Kier alpha value is -0.610. The molecule has 0 radical (unpaired) electrons. The molecule has 0 spiro atoms. The van der Waals surface area contributed by atoms with Crippen molar-refractivity contribution in [1.29, 1.82) is 0 Å². The molecule has 1 unspecified atom stereocenters. The zero-order valence-corrected chi connectivity index (χ0v) is 10.7. The van der Waals surface area contributed by atoms with E-state index >= 15 is 0 Å². The van der Waals surface area contributed by atoms with E-state index in [0.29, 0.717) is 19.1 Å². The van der Waals surface area contributed by atoms with E-state index in [0.717, 1.165) is 31.9 Å². The summed E-state index contributed by atoms with van der Waals surface area (Å²) in [4.78, 5) is 11.9. The molecule has 4 heteroatoms. The van der Waals surface area contributed by atoms with Crippen molar-refractivity contribution in [3.8, 4) is 0 Å². The fraction of sp³-hybridized carbons (Fsp3) is 0.923. The van der Waals surface area contributed by atoms with E-state index < -0.39 is 0 Å². The number of nitrogens with one attached hydrogen (secondary N) is 2. The lowest BCUT2D eigenvalue weighted by Crippen LogP contribution is -2.46. The van der Waals surface area contributed by atoms with Crippen LogP contribution in [0.5, 0.6) is 0 Å². The highest BCUT2D eigenvalue weighted by Gasteiger charge is 2.22. The van der Waals surface area contributed by atoms with E-state index in [1.807, 2.05) is 0 Å². The summed E-state index contributed by atoms with van der Waals surface area (Å²) >= 11 is 0. The molecule has 0 aromatic heterocycles. The molecule has 1 heterocycles. The van der Waals surface area contributed by atoms with Crippen molar-refractivity contribution in [3.05, 3.63) is 0 Å². The van der Waals surface area contributed by atoms with Crippen LogP contribution in [0.25, 0.3) is 0 Å². The van der Waals surface area contributed by atoms with Crippen molar-refractivity contribution in [3.63, 3.8) is 0 Å². The van der Waals surface area contributed by atoms with Crippen LogP contribution in [0.4, 0.5) is 0 Å². The number of carbonyl (C=O) groups is 1. The van der Waals surface area contributed by atoms with Crippen LogP contribution < -0.4 is 10.6 Å². The second-order valence-corrected chi connectivity index (χ2v) is 5.45. The third kappa shape index (κ3) is 4.28. The molecule has 1 amide bonds. The van der Waals surface area contributed by atoms with Gasteiger partial charge >= 0.3 is 0 Å². The first-order chi connectivity index (χ1) is 8.24. The summed E-state index contributed by atoms with van der Waals surface area (Å²) in [5.41, 5.74) is 0. The number of morpholine rings is 1. The maximum atomic E-state index is 11.9. The molecule has 1 saturated heterocycles. The Morgan fingerprint density at radius 1 is 1.35 bits per heavy atom. The van der Waals surface area contributed by atoms with Gasteiger partial charge in [-0.25, -0.2) is 0 Å². The number of amides is 1. The van der Waals surface area contributed by atoms with E-state index in [1.165, 1.54) is 12.8 Å². The van der Waals surface area contributed by atoms with Crippen LogP contribution in [0, 0.1) is 5.92 Å². The van der Waals surface area contributed by atoms with E-state index in [-0.39, 0.29) is 11.9 Å². The van der Waals surface area contributed by atoms with Gasteiger partial charge in [0, 0.05) is 25.0 Å². The predicted octanol–water partition coefficient (Wildman–Crippen LogP) is 1.06. The first-order valence-electron chi connectivity index (χ1n) is 6.84. The molecule has 0 aromatic carbocycles. The van der Waals surface area contributed by atoms with Gasteiger partial charge in [0.05, 0.1) is 13.2 Å². The van der Waals surface area contributed by atoms with Crippen LogP contribution >= 0.6 is 0 Å². The molecule has 2 fully saturated rings. The molecule has 1 aliphatic carbocycles. The van der Waals surface area contributed by atoms with E-state index in [4.69, 9.17) is 4.74 Å². The number of rotatable bonds is 3. The lowest BCUT2D eigenvalue weighted by molar-refractivity contribution is -0.123. The quantitative estimate of drug-likeness (QED) is 0.775. The molecular formula is C13H24N2O2. The zero-order chi connectivity index (χ0) is 12.1. The lowest BCUT2D eigenvalue weighted by atomic mass is 9.87. The first-order valence-corrected chi connectivity index (χ1v) is 6.84. The Balaban J connectivity index is 1.66. The smallest absolute Gasteiger partial charge is 0.221 e. The molecular weight excluding hydrogens is 216 g/mol. The van der Waals surface area contributed by atoms with E-state index in [1.54, 1.807) is 0 Å². The van der Waals surface area contributed by atoms with Crippen molar-refractivity contribution >= 4 is 5.91 Å². The van der Waals surface area contributed by atoms with Crippen LogP contribution in [0.2, 0.25) is 0 Å². The fourth-order valence-corrected chi connectivity index (χ4v) is 2.67. The van der Waals surface area contributed by atoms with Crippen LogP contribution in [0.3, 0.4) is 0 Å². The molecule has 1 atom stereocenters. The van der Waals surface area contributed by atoms with Crippen molar-refractivity contribution in [2.75, 3.05) is 19.8 Å². The summed E-state index contributed by atoms with van der Waals surface area (Å²) in [6.07, 6.45) is 5.32. The highest BCUT2D eigenvalue weighted by atomic mass is 16.5. The minimum atomic E-state index is 0.174. The molecule has 1 aliphatic heterocycles. The normalized spacial score (nSPS) is 34.3. The number of hydrogen-bond acceptors (Lipinski definition) is 3. The van der Waals surface area contributed by atoms with Crippen molar-refractivity contribution in [2.45, 2.75) is 51.1 Å². The molecule has 0 bridgehead atoms. The third-order valence-electron chi connectivity index (χ3n) is 3.81. The monoisotopic (exact) mass is 240 g/mol. The highest BCUT2D eigenvalue weighted by molar-refractivity contribution is 5.76. The average Bonchev–Trinajstić information content (AvgIpc) is 2.33. The van der Waals surface area contributed by atoms with Gasteiger partial charge in [-0.3, -0.25) is 4.79 Å². The molecule has 1 saturated carbocycles. The Morgan fingerprint density at radius 2 is 2.12 bits per heavy atom. The third-order valence-corrected chi connectivity index (χ3v) is 3.81. The Labute approximate surface area is 103 Å². The zero-order valence-electron chi connectivity index (χ0n) is 10.7. The lowest BCUT2D eigenvalue weighted by Gasteiger charge is -2.28. The molecule has 17 heavy (non-hydrogen) atoms. The summed E-state index contributed by atoms with van der Waals surface area (Å²) in [5, 5.41) is 6.46. The largest absolute Gasteiger partial charge is 0.378 e. The topological polar surface area (TPSA) is 50.4 Å². The SMILES string of the molecule is CC1CCC(NC(=O)CC2COCCN2)CC1. The molecule has 2 N–H and O–H groups in total. The van der Waals surface area contributed by atoms with Gasteiger partial charge in [0.1, 0.15) is 0 Å². The Kier molecular flexibility index (Phi) is 4.80. The van der Waals surface area contributed by atoms with Gasteiger partial charge in [-0.1, -0.05) is 6.92 Å². The van der Waals surface area contributed by atoms with Crippen molar-refractivity contribution in [2.24, 2.45) is 5.92 Å². The van der Waals surface area contributed by atoms with Crippen LogP contribution in [-0.4, -0.2) is 37.7 Å². The van der Waals surface area contributed by atoms with Gasteiger partial charge in [0.15, 0.2) is 0 Å². The van der Waals surface area contributed by atoms with Crippen LogP contribution in [0.15, 0.2) is 0 Å². The maximum absolute atomic E-state index is 11.9. The second-order valence-electron chi connectivity index (χ2n) is 5.45. The molecule has 2 rings (SSSR count). The summed E-state index contributed by atoms with van der Waals surface area (Å²) in [6.45, 7) is 4.58. The highest BCUT2D eigenvalue weighted by Crippen LogP contribution is 2.23. The summed E-state index contributed by atoms with van der Waals surface area (Å²) in [7, 11) is 0. The summed E-state index contributed by atoms with van der Waals surface area (Å²) in [6, 6.07) is 0.606. The Morgan fingerprint density at radius 3 is 2.76 bits per heavy atom. The van der Waals surface area contributed by atoms with Gasteiger partial charge < -0.3 is 15.4 Å². The van der Waals surface area contributed by atoms with E-state index in [9.17, 15) is 4.79 Å². The standard InChI is InChI=1S/C13H24N2O2/c1-10-2-4-11(5-3-10)15-13(16)8-12-9-17-7-6-14-12/h10-12,14H,2-9H2,1H3,(H,15,16). The fourth-order valence-electron chi connectivity index (χ4n) is 2.67. The molecule has 0 aromatic rings. The number of hydrogen-bond donors (Lipinski definition) is 2. The van der Waals surface area contributed by atoms with E-state index in [2.05, 4.69) is 17.6 Å². The minimum absolute atomic E-state index is 0.174.